The number of carbonyl (C=O) groups is 1. The molecule has 3 rings (SSSR count). The van der Waals surface area contributed by atoms with Gasteiger partial charge in [0.1, 0.15) is 0 Å². The number of benzene rings is 1. The van der Waals surface area contributed by atoms with E-state index in [1.165, 1.54) is 5.39 Å². The van der Waals surface area contributed by atoms with Crippen LogP contribution in [0.3, 0.4) is 0 Å². The molecular formula is C14H16ClN3O. The summed E-state index contributed by atoms with van der Waals surface area (Å²) in [5.74, 6) is 0. The summed E-state index contributed by atoms with van der Waals surface area (Å²) in [4.78, 5) is 16.3. The van der Waals surface area contributed by atoms with Crippen LogP contribution in [0.4, 0.5) is 4.79 Å². The molecule has 2 heterocycles. The first-order valence-electron chi connectivity index (χ1n) is 6.22. The fourth-order valence-electron chi connectivity index (χ4n) is 1.86. The van der Waals surface area contributed by atoms with E-state index in [2.05, 4.69) is 22.4 Å². The van der Waals surface area contributed by atoms with Crippen LogP contribution in [0, 0.1) is 0 Å². The van der Waals surface area contributed by atoms with Crippen LogP contribution in [0.5, 0.6) is 0 Å². The number of rotatable bonds is 0. The maximum atomic E-state index is 10.5. The van der Waals surface area contributed by atoms with Crippen molar-refractivity contribution in [1.82, 2.24) is 15.2 Å². The fourth-order valence-corrected chi connectivity index (χ4v) is 2.03. The van der Waals surface area contributed by atoms with Crippen LogP contribution in [-0.4, -0.2) is 41.4 Å². The van der Waals surface area contributed by atoms with Crippen molar-refractivity contribution in [3.8, 4) is 0 Å². The van der Waals surface area contributed by atoms with Gasteiger partial charge in [-0.3, -0.25) is 9.78 Å². The maximum absolute atomic E-state index is 10.5. The summed E-state index contributed by atoms with van der Waals surface area (Å²) < 4.78 is 0. The van der Waals surface area contributed by atoms with Crippen molar-refractivity contribution in [1.29, 1.82) is 0 Å². The number of fused-ring (bicyclic) bond motifs is 1. The second-order valence-electron chi connectivity index (χ2n) is 4.19. The molecule has 0 spiro atoms. The first-order chi connectivity index (χ1) is 9.27. The van der Waals surface area contributed by atoms with Crippen LogP contribution in [0.15, 0.2) is 42.6 Å². The zero-order valence-electron chi connectivity index (χ0n) is 10.6. The number of amides is 1. The predicted octanol–water partition coefficient (Wildman–Crippen LogP) is 2.49. The van der Waals surface area contributed by atoms with E-state index in [9.17, 15) is 4.79 Å². The van der Waals surface area contributed by atoms with Gasteiger partial charge in [0.25, 0.3) is 0 Å². The second kappa shape index (κ2) is 7.07. The Morgan fingerprint density at radius 2 is 1.84 bits per heavy atom. The first-order valence-corrected chi connectivity index (χ1v) is 6.60. The van der Waals surface area contributed by atoms with Gasteiger partial charge in [-0.25, -0.2) is 0 Å². The summed E-state index contributed by atoms with van der Waals surface area (Å²) in [5.41, 5.74) is 1.06. The van der Waals surface area contributed by atoms with Crippen LogP contribution >= 0.6 is 11.6 Å². The molecule has 1 aliphatic rings. The van der Waals surface area contributed by atoms with Crippen molar-refractivity contribution in [3.05, 3.63) is 42.6 Å². The van der Waals surface area contributed by atoms with E-state index in [1.54, 1.807) is 4.90 Å². The number of piperazine rings is 1. The normalized spacial score (nSPS) is 14.7. The molecule has 0 radical (unpaired) electrons. The molecular weight excluding hydrogens is 262 g/mol. The zero-order valence-corrected chi connectivity index (χ0v) is 11.3. The number of nitrogens with zero attached hydrogens (tertiary/aromatic N) is 2. The number of pyridine rings is 1. The number of hydrogen-bond acceptors (Lipinski definition) is 3. The van der Waals surface area contributed by atoms with Crippen molar-refractivity contribution in [3.63, 3.8) is 0 Å². The molecule has 1 fully saturated rings. The van der Waals surface area contributed by atoms with Crippen LogP contribution < -0.4 is 5.32 Å². The molecule has 0 bridgehead atoms. The SMILES string of the molecule is O=C(Cl)N1CCNCC1.c1ccc2ncccc2c1. The van der Waals surface area contributed by atoms with E-state index in [-0.39, 0.29) is 5.37 Å². The van der Waals surface area contributed by atoms with Crippen LogP contribution in [0.1, 0.15) is 0 Å². The van der Waals surface area contributed by atoms with Gasteiger partial charge in [0.05, 0.1) is 5.52 Å². The average molecular weight is 278 g/mol. The average Bonchev–Trinajstić information content (AvgIpc) is 2.49. The van der Waals surface area contributed by atoms with E-state index < -0.39 is 0 Å². The number of hydrogen-bond donors (Lipinski definition) is 1. The third-order valence-electron chi connectivity index (χ3n) is 2.88. The van der Waals surface area contributed by atoms with Gasteiger partial charge in [-0.1, -0.05) is 24.3 Å². The Kier molecular flexibility index (Phi) is 5.12. The van der Waals surface area contributed by atoms with Crippen LogP contribution in [0.25, 0.3) is 10.9 Å². The Morgan fingerprint density at radius 3 is 2.47 bits per heavy atom. The first kappa shape index (κ1) is 13.8. The van der Waals surface area contributed by atoms with E-state index in [4.69, 9.17) is 11.6 Å². The minimum absolute atomic E-state index is 0.337. The number of carbonyl (C=O) groups excluding carboxylic acids is 1. The molecule has 0 unspecified atom stereocenters. The van der Waals surface area contributed by atoms with Gasteiger partial charge in [-0.2, -0.15) is 0 Å². The van der Waals surface area contributed by atoms with Gasteiger partial charge in [-0.05, 0) is 23.7 Å². The minimum Gasteiger partial charge on any atom is -0.327 e. The minimum atomic E-state index is -0.337. The number of aromatic nitrogens is 1. The van der Waals surface area contributed by atoms with Gasteiger partial charge in [0.15, 0.2) is 0 Å². The maximum Gasteiger partial charge on any atom is 0.316 e. The highest BCUT2D eigenvalue weighted by molar-refractivity contribution is 6.62. The van der Waals surface area contributed by atoms with Crippen molar-refractivity contribution in [2.75, 3.05) is 26.2 Å². The molecule has 1 aromatic heterocycles. The summed E-state index contributed by atoms with van der Waals surface area (Å²) in [6.45, 7) is 3.20. The molecule has 5 heteroatoms. The Balaban J connectivity index is 0.000000141. The van der Waals surface area contributed by atoms with Gasteiger partial charge >= 0.3 is 5.37 Å². The summed E-state index contributed by atoms with van der Waals surface area (Å²) in [5, 5.41) is 3.98. The lowest BCUT2D eigenvalue weighted by molar-refractivity contribution is 0.214. The Hall–Kier alpha value is -1.65. The van der Waals surface area contributed by atoms with Crippen molar-refractivity contribution < 1.29 is 4.79 Å². The predicted molar refractivity (Wildman–Crippen MR) is 77.4 cm³/mol. The van der Waals surface area contributed by atoms with Crippen molar-refractivity contribution in [2.45, 2.75) is 0 Å². The van der Waals surface area contributed by atoms with E-state index in [1.807, 2.05) is 30.5 Å². The highest BCUT2D eigenvalue weighted by Gasteiger charge is 2.12. The molecule has 4 nitrogen and oxygen atoms in total. The molecule has 1 N–H and O–H groups in total. The van der Waals surface area contributed by atoms with E-state index >= 15 is 0 Å². The molecule has 0 saturated carbocycles. The van der Waals surface area contributed by atoms with Gasteiger partial charge in [0.2, 0.25) is 0 Å². The highest BCUT2D eigenvalue weighted by Crippen LogP contribution is 2.07. The number of para-hydroxylation sites is 1. The Bertz CT molecular complexity index is 475. The molecule has 1 aromatic carbocycles. The highest BCUT2D eigenvalue weighted by atomic mass is 35.5. The lowest BCUT2D eigenvalue weighted by atomic mass is 10.2. The summed E-state index contributed by atoms with van der Waals surface area (Å²) >= 11 is 5.22. The lowest BCUT2D eigenvalue weighted by Crippen LogP contribution is -2.44. The topological polar surface area (TPSA) is 45.2 Å². The van der Waals surface area contributed by atoms with Gasteiger partial charge < -0.3 is 10.2 Å². The van der Waals surface area contributed by atoms with E-state index in [0.717, 1.165) is 31.7 Å². The molecule has 1 saturated heterocycles. The molecule has 1 amide bonds. The van der Waals surface area contributed by atoms with Crippen molar-refractivity contribution >= 4 is 27.9 Å². The molecule has 2 aromatic rings. The largest absolute Gasteiger partial charge is 0.327 e. The third kappa shape index (κ3) is 4.19. The van der Waals surface area contributed by atoms with Crippen LogP contribution in [0.2, 0.25) is 0 Å². The summed E-state index contributed by atoms with van der Waals surface area (Å²) in [6.07, 6.45) is 1.81. The van der Waals surface area contributed by atoms with Crippen LogP contribution in [-0.2, 0) is 0 Å². The smallest absolute Gasteiger partial charge is 0.316 e. The fraction of sp³-hybridized carbons (Fsp3) is 0.286. The monoisotopic (exact) mass is 277 g/mol. The quantitative estimate of drug-likeness (QED) is 0.594. The lowest BCUT2D eigenvalue weighted by Gasteiger charge is -2.24. The van der Waals surface area contributed by atoms with Crippen molar-refractivity contribution in [2.24, 2.45) is 0 Å². The number of nitrogens with one attached hydrogen (secondary N) is 1. The molecule has 0 aliphatic carbocycles. The molecule has 19 heavy (non-hydrogen) atoms. The third-order valence-corrected chi connectivity index (χ3v) is 3.12. The zero-order chi connectivity index (χ0) is 13.5. The van der Waals surface area contributed by atoms with Gasteiger partial charge in [0, 0.05) is 37.8 Å². The molecule has 0 atom stereocenters. The second-order valence-corrected chi connectivity index (χ2v) is 4.51. The molecule has 1 aliphatic heterocycles. The van der Waals surface area contributed by atoms with E-state index in [0.29, 0.717) is 0 Å². The summed E-state index contributed by atoms with van der Waals surface area (Å²) in [6, 6.07) is 12.1. The Labute approximate surface area is 117 Å². The standard InChI is InChI=1S/C9H7N.C5H9ClN2O/c1-2-6-9-8(4-1)5-3-7-10-9;6-5(9)8-3-1-7-2-4-8/h1-7H;7H,1-4H2. The molecule has 100 valence electrons. The van der Waals surface area contributed by atoms with Gasteiger partial charge in [-0.15, -0.1) is 0 Å². The Morgan fingerprint density at radius 1 is 1.16 bits per heavy atom. The number of halogens is 1. The summed E-state index contributed by atoms with van der Waals surface area (Å²) in [7, 11) is 0.